The normalized spacial score (nSPS) is 15.2. The van der Waals surface area contributed by atoms with Crippen LogP contribution in [-0.2, 0) is 0 Å². The van der Waals surface area contributed by atoms with Crippen molar-refractivity contribution in [3.63, 3.8) is 0 Å². The Labute approximate surface area is 110 Å². The summed E-state index contributed by atoms with van der Waals surface area (Å²) in [5.41, 5.74) is -0.274. The van der Waals surface area contributed by atoms with Crippen LogP contribution in [0.15, 0.2) is 12.1 Å². The van der Waals surface area contributed by atoms with Crippen LogP contribution in [0.4, 0.5) is 5.69 Å². The number of carbonyl (C=O) groups is 1. The largest absolute Gasteiger partial charge is 0.493 e. The van der Waals surface area contributed by atoms with Gasteiger partial charge >= 0.3 is 0 Å². The van der Waals surface area contributed by atoms with Gasteiger partial charge in [-0.05, 0) is 25.7 Å². The number of rotatable bonds is 5. The standard InChI is InChI=1S/C13H15NO5/c1-18-12-6-9(8-15)11(14(16)17)7-13(12)19-10-4-2-3-5-10/h6-8,10H,2-5H2,1H3. The molecule has 19 heavy (non-hydrogen) atoms. The fourth-order valence-electron chi connectivity index (χ4n) is 2.25. The van der Waals surface area contributed by atoms with Gasteiger partial charge in [0.05, 0.1) is 29.8 Å². The maximum Gasteiger partial charge on any atom is 0.283 e. The molecule has 102 valence electrons. The van der Waals surface area contributed by atoms with Gasteiger partial charge in [0, 0.05) is 6.07 Å². The smallest absolute Gasteiger partial charge is 0.283 e. The van der Waals surface area contributed by atoms with Gasteiger partial charge in [-0.1, -0.05) is 0 Å². The number of hydrogen-bond donors (Lipinski definition) is 0. The van der Waals surface area contributed by atoms with Crippen LogP contribution in [0.3, 0.4) is 0 Å². The Morgan fingerprint density at radius 1 is 1.32 bits per heavy atom. The van der Waals surface area contributed by atoms with Crippen LogP contribution in [0.25, 0.3) is 0 Å². The van der Waals surface area contributed by atoms with Crippen LogP contribution >= 0.6 is 0 Å². The lowest BCUT2D eigenvalue weighted by Crippen LogP contribution is -2.12. The first-order valence-electron chi connectivity index (χ1n) is 6.14. The Morgan fingerprint density at radius 2 is 2.00 bits per heavy atom. The molecule has 1 aromatic carbocycles. The summed E-state index contributed by atoms with van der Waals surface area (Å²) >= 11 is 0. The highest BCUT2D eigenvalue weighted by atomic mass is 16.6. The Morgan fingerprint density at radius 3 is 2.53 bits per heavy atom. The number of ether oxygens (including phenoxy) is 2. The van der Waals surface area contributed by atoms with E-state index in [9.17, 15) is 14.9 Å². The molecule has 0 N–H and O–H groups in total. The zero-order chi connectivity index (χ0) is 13.8. The number of hydrogen-bond acceptors (Lipinski definition) is 5. The third kappa shape index (κ3) is 2.83. The number of carbonyl (C=O) groups excluding carboxylic acids is 1. The van der Waals surface area contributed by atoms with Crippen LogP contribution in [0.2, 0.25) is 0 Å². The monoisotopic (exact) mass is 265 g/mol. The maximum atomic E-state index is 10.9. The van der Waals surface area contributed by atoms with Crippen molar-refractivity contribution in [3.8, 4) is 11.5 Å². The van der Waals surface area contributed by atoms with Crippen LogP contribution < -0.4 is 9.47 Å². The summed E-state index contributed by atoms with van der Waals surface area (Å²) in [5, 5.41) is 10.9. The molecule has 0 aromatic heterocycles. The number of nitrogens with zero attached hydrogens (tertiary/aromatic N) is 1. The zero-order valence-corrected chi connectivity index (χ0v) is 10.6. The molecule has 6 nitrogen and oxygen atoms in total. The molecular weight excluding hydrogens is 250 g/mol. The fraction of sp³-hybridized carbons (Fsp3) is 0.462. The highest BCUT2D eigenvalue weighted by molar-refractivity contribution is 5.83. The molecule has 2 rings (SSSR count). The molecule has 0 aliphatic heterocycles. The number of nitro benzene ring substituents is 1. The second-order valence-electron chi connectivity index (χ2n) is 4.46. The number of benzene rings is 1. The molecule has 0 unspecified atom stereocenters. The van der Waals surface area contributed by atoms with Crippen LogP contribution in [0.1, 0.15) is 36.0 Å². The summed E-state index contributed by atoms with van der Waals surface area (Å²) in [5.74, 6) is 0.672. The maximum absolute atomic E-state index is 10.9. The quantitative estimate of drug-likeness (QED) is 0.464. The second kappa shape index (κ2) is 5.69. The van der Waals surface area contributed by atoms with Gasteiger partial charge < -0.3 is 9.47 Å². The topological polar surface area (TPSA) is 78.7 Å². The fourth-order valence-corrected chi connectivity index (χ4v) is 2.25. The predicted molar refractivity (Wildman–Crippen MR) is 67.9 cm³/mol. The van der Waals surface area contributed by atoms with E-state index < -0.39 is 4.92 Å². The van der Waals surface area contributed by atoms with Crippen LogP contribution in [0, 0.1) is 10.1 Å². The minimum Gasteiger partial charge on any atom is -0.493 e. The average Bonchev–Trinajstić information content (AvgIpc) is 2.91. The highest BCUT2D eigenvalue weighted by Gasteiger charge is 2.23. The molecule has 0 radical (unpaired) electrons. The first kappa shape index (κ1) is 13.3. The van der Waals surface area contributed by atoms with Gasteiger partial charge in [0.25, 0.3) is 5.69 Å². The summed E-state index contributed by atoms with van der Waals surface area (Å²) in [6.07, 6.45) is 4.58. The van der Waals surface area contributed by atoms with E-state index in [0.29, 0.717) is 17.8 Å². The summed E-state index contributed by atoms with van der Waals surface area (Å²) in [6.45, 7) is 0. The average molecular weight is 265 g/mol. The van der Waals surface area contributed by atoms with Crippen molar-refractivity contribution in [2.45, 2.75) is 31.8 Å². The van der Waals surface area contributed by atoms with Gasteiger partial charge in [-0.3, -0.25) is 14.9 Å². The molecule has 6 heteroatoms. The first-order chi connectivity index (χ1) is 9.15. The van der Waals surface area contributed by atoms with Crippen LogP contribution in [0.5, 0.6) is 11.5 Å². The molecule has 1 saturated carbocycles. The molecule has 0 amide bonds. The minimum atomic E-state index is -0.593. The van der Waals surface area contributed by atoms with E-state index in [2.05, 4.69) is 0 Å². The predicted octanol–water partition coefficient (Wildman–Crippen LogP) is 2.74. The number of aldehydes is 1. The van der Waals surface area contributed by atoms with Crippen molar-refractivity contribution < 1.29 is 19.2 Å². The van der Waals surface area contributed by atoms with Gasteiger partial charge in [-0.15, -0.1) is 0 Å². The van der Waals surface area contributed by atoms with Crippen molar-refractivity contribution in [1.29, 1.82) is 0 Å². The molecule has 0 spiro atoms. The highest BCUT2D eigenvalue weighted by Crippen LogP contribution is 2.36. The summed E-state index contributed by atoms with van der Waals surface area (Å²) in [4.78, 5) is 21.2. The van der Waals surface area contributed by atoms with Crippen molar-refractivity contribution in [3.05, 3.63) is 27.8 Å². The number of nitro groups is 1. The van der Waals surface area contributed by atoms with Crippen molar-refractivity contribution in [2.75, 3.05) is 7.11 Å². The molecule has 0 bridgehead atoms. The molecule has 1 aliphatic rings. The lowest BCUT2D eigenvalue weighted by Gasteiger charge is -2.16. The molecule has 1 aliphatic carbocycles. The molecule has 0 saturated heterocycles. The van der Waals surface area contributed by atoms with Gasteiger partial charge in [0.15, 0.2) is 17.8 Å². The third-order valence-electron chi connectivity index (χ3n) is 3.23. The van der Waals surface area contributed by atoms with E-state index in [0.717, 1.165) is 25.7 Å². The molecule has 1 aromatic rings. The van der Waals surface area contributed by atoms with E-state index in [1.165, 1.54) is 19.2 Å². The first-order valence-corrected chi connectivity index (χ1v) is 6.14. The summed E-state index contributed by atoms with van der Waals surface area (Å²) in [6, 6.07) is 2.61. The van der Waals surface area contributed by atoms with Gasteiger partial charge in [-0.25, -0.2) is 0 Å². The SMILES string of the molecule is COc1cc(C=O)c([N+](=O)[O-])cc1OC1CCCC1. The van der Waals surface area contributed by atoms with E-state index in [4.69, 9.17) is 9.47 Å². The molecule has 0 atom stereocenters. The molecule has 0 heterocycles. The van der Waals surface area contributed by atoms with E-state index in [1.54, 1.807) is 0 Å². The zero-order valence-electron chi connectivity index (χ0n) is 10.6. The Bertz CT molecular complexity index is 494. The lowest BCUT2D eigenvalue weighted by atomic mass is 10.1. The van der Waals surface area contributed by atoms with E-state index in [1.807, 2.05) is 0 Å². The van der Waals surface area contributed by atoms with Crippen molar-refractivity contribution in [1.82, 2.24) is 0 Å². The van der Waals surface area contributed by atoms with Crippen LogP contribution in [-0.4, -0.2) is 24.4 Å². The van der Waals surface area contributed by atoms with Gasteiger partial charge in [-0.2, -0.15) is 0 Å². The van der Waals surface area contributed by atoms with Gasteiger partial charge in [0.2, 0.25) is 0 Å². The minimum absolute atomic E-state index is 0.0133. The summed E-state index contributed by atoms with van der Waals surface area (Å²) < 4.78 is 10.9. The summed E-state index contributed by atoms with van der Waals surface area (Å²) in [7, 11) is 1.44. The van der Waals surface area contributed by atoms with E-state index in [-0.39, 0.29) is 17.4 Å². The Hall–Kier alpha value is -2.11. The van der Waals surface area contributed by atoms with E-state index >= 15 is 0 Å². The van der Waals surface area contributed by atoms with Gasteiger partial charge in [0.1, 0.15) is 0 Å². The third-order valence-corrected chi connectivity index (χ3v) is 3.23. The Balaban J connectivity index is 2.36. The van der Waals surface area contributed by atoms with Crippen molar-refractivity contribution in [2.24, 2.45) is 0 Å². The lowest BCUT2D eigenvalue weighted by molar-refractivity contribution is -0.385. The molecule has 1 fully saturated rings. The van der Waals surface area contributed by atoms with Crippen molar-refractivity contribution >= 4 is 12.0 Å². The molecular formula is C13H15NO5. The Kier molecular flexibility index (Phi) is 3.99. The number of methoxy groups -OCH3 is 1. The second-order valence-corrected chi connectivity index (χ2v) is 4.46.